The highest BCUT2D eigenvalue weighted by Crippen LogP contribution is 2.34. The lowest BCUT2D eigenvalue weighted by Crippen LogP contribution is -2.26. The van der Waals surface area contributed by atoms with Crippen LogP contribution in [0.4, 0.5) is 11.4 Å². The molecule has 0 radical (unpaired) electrons. The Morgan fingerprint density at radius 1 is 1.26 bits per heavy atom. The predicted octanol–water partition coefficient (Wildman–Crippen LogP) is 2.90. The number of ether oxygens (including phenoxy) is 1. The van der Waals surface area contributed by atoms with Crippen LogP contribution in [0.2, 0.25) is 0 Å². The number of amides is 2. The number of hydrogen-bond donors (Lipinski definition) is 2. The number of carbonyl (C=O) groups excluding carboxylic acids is 2. The molecule has 0 atom stereocenters. The quantitative estimate of drug-likeness (QED) is 0.912. The van der Waals surface area contributed by atoms with Crippen LogP contribution in [-0.2, 0) is 16.0 Å². The molecule has 5 heteroatoms. The lowest BCUT2D eigenvalue weighted by Gasteiger charge is -2.20. The molecule has 0 spiro atoms. The molecule has 0 aliphatic carbocycles. The Bertz CT molecular complexity index is 756. The molecule has 2 aromatic rings. The Kier molecular flexibility index (Phi) is 4.28. The van der Waals surface area contributed by atoms with Gasteiger partial charge in [-0.25, -0.2) is 0 Å². The number of aryl methyl sites for hydroxylation is 2. The van der Waals surface area contributed by atoms with Gasteiger partial charge >= 0.3 is 0 Å². The van der Waals surface area contributed by atoms with E-state index >= 15 is 0 Å². The number of fused-ring (bicyclic) bond motifs is 1. The molecule has 0 saturated carbocycles. The van der Waals surface area contributed by atoms with E-state index in [1.54, 1.807) is 18.2 Å². The Balaban J connectivity index is 1.65. The lowest BCUT2D eigenvalue weighted by atomic mass is 10.1. The van der Waals surface area contributed by atoms with Crippen LogP contribution in [-0.4, -0.2) is 18.4 Å². The maximum absolute atomic E-state index is 12.2. The highest BCUT2D eigenvalue weighted by molar-refractivity contribution is 6.03. The van der Waals surface area contributed by atoms with Gasteiger partial charge in [0.25, 0.3) is 5.91 Å². The molecule has 1 heterocycles. The summed E-state index contributed by atoms with van der Waals surface area (Å²) in [7, 11) is 0. The van der Waals surface area contributed by atoms with Crippen molar-refractivity contribution in [2.75, 3.05) is 17.2 Å². The summed E-state index contributed by atoms with van der Waals surface area (Å²) in [5.74, 6) is 0.250. The van der Waals surface area contributed by atoms with Crippen molar-refractivity contribution in [1.82, 2.24) is 0 Å². The van der Waals surface area contributed by atoms with E-state index in [4.69, 9.17) is 4.74 Å². The van der Waals surface area contributed by atoms with Gasteiger partial charge in [-0.05, 0) is 31.0 Å². The second kappa shape index (κ2) is 6.52. The molecule has 0 aromatic heterocycles. The van der Waals surface area contributed by atoms with Gasteiger partial charge in [0.2, 0.25) is 5.91 Å². The monoisotopic (exact) mass is 310 g/mol. The first kappa shape index (κ1) is 15.1. The van der Waals surface area contributed by atoms with E-state index < -0.39 is 0 Å². The molecule has 3 rings (SSSR count). The summed E-state index contributed by atoms with van der Waals surface area (Å²) in [5.41, 5.74) is 3.39. The molecule has 23 heavy (non-hydrogen) atoms. The zero-order valence-electron chi connectivity index (χ0n) is 12.9. The Morgan fingerprint density at radius 3 is 2.91 bits per heavy atom. The Labute approximate surface area is 134 Å². The first-order valence-corrected chi connectivity index (χ1v) is 7.53. The summed E-state index contributed by atoms with van der Waals surface area (Å²) in [6, 6.07) is 13.4. The summed E-state index contributed by atoms with van der Waals surface area (Å²) in [5, 5.41) is 5.58. The topological polar surface area (TPSA) is 67.4 Å². The second-order valence-electron chi connectivity index (χ2n) is 5.55. The lowest BCUT2D eigenvalue weighted by molar-refractivity contribution is -0.119. The minimum Gasteiger partial charge on any atom is -0.481 e. The average molecular weight is 310 g/mol. The molecule has 0 saturated heterocycles. The van der Waals surface area contributed by atoms with E-state index in [1.165, 1.54) is 5.56 Å². The van der Waals surface area contributed by atoms with E-state index in [-0.39, 0.29) is 18.4 Å². The fourth-order valence-electron chi connectivity index (χ4n) is 2.54. The maximum Gasteiger partial charge on any atom is 0.262 e. The summed E-state index contributed by atoms with van der Waals surface area (Å²) >= 11 is 0. The van der Waals surface area contributed by atoms with Crippen LogP contribution in [0.5, 0.6) is 5.75 Å². The smallest absolute Gasteiger partial charge is 0.262 e. The highest BCUT2D eigenvalue weighted by Gasteiger charge is 2.19. The van der Waals surface area contributed by atoms with Crippen molar-refractivity contribution in [2.45, 2.75) is 19.8 Å². The molecule has 0 unspecified atom stereocenters. The molecule has 2 N–H and O–H groups in total. The van der Waals surface area contributed by atoms with Gasteiger partial charge in [-0.1, -0.05) is 35.9 Å². The van der Waals surface area contributed by atoms with Gasteiger partial charge in [0.15, 0.2) is 6.61 Å². The zero-order valence-corrected chi connectivity index (χ0v) is 12.9. The van der Waals surface area contributed by atoms with Gasteiger partial charge in [-0.15, -0.1) is 0 Å². The summed E-state index contributed by atoms with van der Waals surface area (Å²) in [6.45, 7) is 2.03. The number of rotatable bonds is 4. The van der Waals surface area contributed by atoms with Crippen molar-refractivity contribution in [3.8, 4) is 5.75 Å². The van der Waals surface area contributed by atoms with Gasteiger partial charge in [-0.2, -0.15) is 0 Å². The number of carbonyl (C=O) groups is 2. The van der Waals surface area contributed by atoms with Crippen LogP contribution in [0.15, 0.2) is 42.5 Å². The standard InChI is InChI=1S/C18H18N2O3/c1-12-4-2-5-13(10-12)8-9-16(21)19-14-6-3-7-15-18(14)20-17(22)11-23-15/h2-7,10H,8-9,11H2,1H3,(H,19,21)(H,20,22). The first-order chi connectivity index (χ1) is 11.1. The van der Waals surface area contributed by atoms with E-state index in [1.807, 2.05) is 25.1 Å². The fraction of sp³-hybridized carbons (Fsp3) is 0.222. The molecule has 1 aliphatic heterocycles. The molecular formula is C18H18N2O3. The number of benzene rings is 2. The van der Waals surface area contributed by atoms with Crippen molar-refractivity contribution in [3.63, 3.8) is 0 Å². The zero-order chi connectivity index (χ0) is 16.2. The predicted molar refractivity (Wildman–Crippen MR) is 88.7 cm³/mol. The van der Waals surface area contributed by atoms with E-state index in [0.29, 0.717) is 30.0 Å². The number of anilines is 2. The molecule has 1 aliphatic rings. The van der Waals surface area contributed by atoms with Crippen molar-refractivity contribution in [2.24, 2.45) is 0 Å². The molecule has 0 bridgehead atoms. The van der Waals surface area contributed by atoms with Crippen molar-refractivity contribution in [1.29, 1.82) is 0 Å². The highest BCUT2D eigenvalue weighted by atomic mass is 16.5. The number of hydrogen-bond acceptors (Lipinski definition) is 3. The van der Waals surface area contributed by atoms with Crippen molar-refractivity contribution >= 4 is 23.2 Å². The van der Waals surface area contributed by atoms with Crippen LogP contribution in [0.25, 0.3) is 0 Å². The Hall–Kier alpha value is -2.82. The van der Waals surface area contributed by atoms with Gasteiger partial charge in [0.05, 0.1) is 5.69 Å². The minimum absolute atomic E-state index is 0.00222. The van der Waals surface area contributed by atoms with Crippen LogP contribution in [0.3, 0.4) is 0 Å². The minimum atomic E-state index is -0.223. The van der Waals surface area contributed by atoms with Gasteiger partial charge < -0.3 is 15.4 Å². The maximum atomic E-state index is 12.2. The van der Waals surface area contributed by atoms with E-state index in [2.05, 4.69) is 16.7 Å². The van der Waals surface area contributed by atoms with Gasteiger partial charge in [-0.3, -0.25) is 9.59 Å². The Morgan fingerprint density at radius 2 is 2.09 bits per heavy atom. The molecule has 118 valence electrons. The van der Waals surface area contributed by atoms with E-state index in [0.717, 1.165) is 5.56 Å². The molecule has 5 nitrogen and oxygen atoms in total. The van der Waals surface area contributed by atoms with Crippen LogP contribution < -0.4 is 15.4 Å². The summed E-state index contributed by atoms with van der Waals surface area (Å²) in [4.78, 5) is 23.6. The largest absolute Gasteiger partial charge is 0.481 e. The normalized spacial score (nSPS) is 12.8. The molecule has 2 amide bonds. The third-order valence-electron chi connectivity index (χ3n) is 3.65. The SMILES string of the molecule is Cc1cccc(CCC(=O)Nc2cccc3c2NC(=O)CO3)c1. The van der Waals surface area contributed by atoms with Crippen LogP contribution in [0, 0.1) is 6.92 Å². The first-order valence-electron chi connectivity index (χ1n) is 7.53. The van der Waals surface area contributed by atoms with Crippen LogP contribution in [0.1, 0.15) is 17.5 Å². The third kappa shape index (κ3) is 3.69. The van der Waals surface area contributed by atoms with Crippen LogP contribution >= 0.6 is 0 Å². The fourth-order valence-corrected chi connectivity index (χ4v) is 2.54. The number of para-hydroxylation sites is 1. The van der Waals surface area contributed by atoms with Crippen molar-refractivity contribution in [3.05, 3.63) is 53.6 Å². The van der Waals surface area contributed by atoms with Gasteiger partial charge in [0, 0.05) is 6.42 Å². The second-order valence-corrected chi connectivity index (χ2v) is 5.55. The van der Waals surface area contributed by atoms with E-state index in [9.17, 15) is 9.59 Å². The summed E-state index contributed by atoms with van der Waals surface area (Å²) < 4.78 is 5.34. The van der Waals surface area contributed by atoms with Crippen molar-refractivity contribution < 1.29 is 14.3 Å². The third-order valence-corrected chi connectivity index (χ3v) is 3.65. The average Bonchev–Trinajstić information content (AvgIpc) is 2.54. The van der Waals surface area contributed by atoms with Gasteiger partial charge in [0.1, 0.15) is 11.4 Å². The molecular weight excluding hydrogens is 292 g/mol. The number of nitrogens with one attached hydrogen (secondary N) is 2. The molecule has 2 aromatic carbocycles. The molecule has 0 fully saturated rings. The summed E-state index contributed by atoms with van der Waals surface area (Å²) in [6.07, 6.45) is 1.05.